The molecule has 0 unspecified atom stereocenters. The Bertz CT molecular complexity index is 877. The fourth-order valence-corrected chi connectivity index (χ4v) is 4.53. The molecule has 0 spiro atoms. The summed E-state index contributed by atoms with van der Waals surface area (Å²) in [6.45, 7) is 10.4. The standard InChI is InChI=1S/C22H24ClNO2S/c1-13-10-15(22(3,4)5)11-14(2)20(13)24-19(25)12-18(21(24)26)27-17-8-6-16(23)7-9-17/h6-11,18H,12H2,1-5H3/t18-/m0/s1. The summed E-state index contributed by atoms with van der Waals surface area (Å²) in [5.74, 6) is -0.282. The normalized spacial score (nSPS) is 17.7. The Labute approximate surface area is 170 Å². The molecule has 0 aromatic heterocycles. The van der Waals surface area contributed by atoms with Gasteiger partial charge < -0.3 is 0 Å². The highest BCUT2D eigenvalue weighted by Gasteiger charge is 2.41. The van der Waals surface area contributed by atoms with Gasteiger partial charge in [0.05, 0.1) is 10.9 Å². The summed E-state index contributed by atoms with van der Waals surface area (Å²) < 4.78 is 0. The number of nitrogens with zero attached hydrogens (tertiary/aromatic N) is 1. The van der Waals surface area contributed by atoms with E-state index in [-0.39, 0.29) is 23.7 Å². The lowest BCUT2D eigenvalue weighted by molar-refractivity contribution is -0.121. The number of carbonyl (C=O) groups excluding carboxylic acids is 2. The highest BCUT2D eigenvalue weighted by atomic mass is 35.5. The first-order chi connectivity index (χ1) is 12.6. The predicted molar refractivity (Wildman–Crippen MR) is 113 cm³/mol. The van der Waals surface area contributed by atoms with E-state index in [1.54, 1.807) is 12.1 Å². The molecular formula is C22H24ClNO2S. The first-order valence-corrected chi connectivity index (χ1v) is 10.2. The van der Waals surface area contributed by atoms with Crippen LogP contribution < -0.4 is 4.90 Å². The third kappa shape index (κ3) is 4.07. The van der Waals surface area contributed by atoms with Gasteiger partial charge in [-0.25, -0.2) is 4.90 Å². The second-order valence-electron chi connectivity index (χ2n) is 8.04. The number of thioether (sulfide) groups is 1. The predicted octanol–water partition coefficient (Wildman–Crippen LogP) is 5.68. The van der Waals surface area contributed by atoms with Crippen LogP contribution in [0.2, 0.25) is 5.02 Å². The summed E-state index contributed by atoms with van der Waals surface area (Å²) in [6, 6.07) is 11.5. The van der Waals surface area contributed by atoms with Gasteiger partial charge in [-0.15, -0.1) is 11.8 Å². The van der Waals surface area contributed by atoms with Crippen molar-refractivity contribution in [3.05, 3.63) is 58.1 Å². The van der Waals surface area contributed by atoms with Crippen LogP contribution >= 0.6 is 23.4 Å². The average Bonchev–Trinajstić information content (AvgIpc) is 2.83. The van der Waals surface area contributed by atoms with Crippen molar-refractivity contribution in [2.45, 2.75) is 56.6 Å². The quantitative estimate of drug-likeness (QED) is 0.621. The van der Waals surface area contributed by atoms with Gasteiger partial charge in [0.15, 0.2) is 0 Å². The summed E-state index contributed by atoms with van der Waals surface area (Å²) in [7, 11) is 0. The van der Waals surface area contributed by atoms with Crippen molar-refractivity contribution in [1.29, 1.82) is 0 Å². The van der Waals surface area contributed by atoms with E-state index in [0.717, 1.165) is 21.7 Å². The van der Waals surface area contributed by atoms with E-state index in [2.05, 4.69) is 32.9 Å². The van der Waals surface area contributed by atoms with Gasteiger partial charge in [-0.05, 0) is 60.2 Å². The molecule has 1 heterocycles. The molecule has 1 atom stereocenters. The first-order valence-electron chi connectivity index (χ1n) is 8.98. The molecule has 5 heteroatoms. The Morgan fingerprint density at radius 3 is 2.11 bits per heavy atom. The molecule has 2 aromatic carbocycles. The van der Waals surface area contributed by atoms with Crippen molar-refractivity contribution in [2.24, 2.45) is 0 Å². The number of rotatable bonds is 3. The van der Waals surface area contributed by atoms with Crippen molar-refractivity contribution in [1.82, 2.24) is 0 Å². The molecular weight excluding hydrogens is 378 g/mol. The van der Waals surface area contributed by atoms with Crippen LogP contribution in [-0.4, -0.2) is 17.1 Å². The van der Waals surface area contributed by atoms with E-state index in [0.29, 0.717) is 5.02 Å². The molecule has 3 nitrogen and oxygen atoms in total. The minimum absolute atomic E-state index is 0.0139. The van der Waals surface area contributed by atoms with Gasteiger partial charge in [0.1, 0.15) is 0 Å². The second-order valence-corrected chi connectivity index (χ2v) is 9.75. The molecule has 1 aliphatic rings. The Kier molecular flexibility index (Phi) is 5.42. The van der Waals surface area contributed by atoms with Gasteiger partial charge in [0, 0.05) is 16.3 Å². The molecule has 0 aliphatic carbocycles. The molecule has 1 saturated heterocycles. The highest BCUT2D eigenvalue weighted by Crippen LogP contribution is 2.38. The molecule has 2 aromatic rings. The van der Waals surface area contributed by atoms with Crippen molar-refractivity contribution < 1.29 is 9.59 Å². The molecule has 0 saturated carbocycles. The highest BCUT2D eigenvalue weighted by molar-refractivity contribution is 8.00. The third-order valence-corrected chi connectivity index (χ3v) is 6.23. The topological polar surface area (TPSA) is 37.4 Å². The van der Waals surface area contributed by atoms with E-state index >= 15 is 0 Å². The lowest BCUT2D eigenvalue weighted by Gasteiger charge is -2.25. The number of aryl methyl sites for hydroxylation is 2. The summed E-state index contributed by atoms with van der Waals surface area (Å²) >= 11 is 7.34. The maximum atomic E-state index is 13.0. The SMILES string of the molecule is Cc1cc(C(C)(C)C)cc(C)c1N1C(=O)C[C@H](Sc2ccc(Cl)cc2)C1=O. The number of imide groups is 1. The van der Waals surface area contributed by atoms with Gasteiger partial charge in [-0.1, -0.05) is 44.5 Å². The van der Waals surface area contributed by atoms with Crippen LogP contribution in [-0.2, 0) is 15.0 Å². The third-order valence-electron chi connectivity index (χ3n) is 4.78. The first kappa shape index (κ1) is 20.0. The second kappa shape index (κ2) is 7.33. The minimum Gasteiger partial charge on any atom is -0.274 e. The number of hydrogen-bond donors (Lipinski definition) is 0. The van der Waals surface area contributed by atoms with E-state index in [9.17, 15) is 9.59 Å². The number of hydrogen-bond acceptors (Lipinski definition) is 3. The zero-order valence-electron chi connectivity index (χ0n) is 16.3. The van der Waals surface area contributed by atoms with E-state index in [1.807, 2.05) is 26.0 Å². The van der Waals surface area contributed by atoms with Crippen LogP contribution in [0.5, 0.6) is 0 Å². The fraction of sp³-hybridized carbons (Fsp3) is 0.364. The Hall–Kier alpha value is -1.78. The van der Waals surface area contributed by atoms with Crippen LogP contribution in [0.1, 0.15) is 43.9 Å². The van der Waals surface area contributed by atoms with Gasteiger partial charge in [0.2, 0.25) is 11.8 Å². The van der Waals surface area contributed by atoms with Gasteiger partial charge >= 0.3 is 0 Å². The molecule has 3 rings (SSSR count). The van der Waals surface area contributed by atoms with Crippen molar-refractivity contribution in [2.75, 3.05) is 4.90 Å². The average molecular weight is 402 g/mol. The monoisotopic (exact) mass is 401 g/mol. The Morgan fingerprint density at radius 1 is 1.04 bits per heavy atom. The smallest absolute Gasteiger partial charge is 0.247 e. The van der Waals surface area contributed by atoms with Crippen molar-refractivity contribution >= 4 is 40.9 Å². The Morgan fingerprint density at radius 2 is 1.59 bits per heavy atom. The number of carbonyl (C=O) groups is 2. The number of anilines is 1. The van der Waals surface area contributed by atoms with Gasteiger partial charge in [-0.3, -0.25) is 9.59 Å². The molecule has 2 amide bonds. The molecule has 1 aliphatic heterocycles. The van der Waals surface area contributed by atoms with E-state index < -0.39 is 5.25 Å². The molecule has 27 heavy (non-hydrogen) atoms. The molecule has 0 bridgehead atoms. The Balaban J connectivity index is 1.90. The van der Waals surface area contributed by atoms with Gasteiger partial charge in [-0.2, -0.15) is 0 Å². The zero-order valence-corrected chi connectivity index (χ0v) is 17.9. The van der Waals surface area contributed by atoms with Crippen molar-refractivity contribution in [3.63, 3.8) is 0 Å². The summed E-state index contributed by atoms with van der Waals surface area (Å²) in [6.07, 6.45) is 0.214. The summed E-state index contributed by atoms with van der Waals surface area (Å²) in [4.78, 5) is 28.0. The van der Waals surface area contributed by atoms with E-state index in [1.165, 1.54) is 22.2 Å². The number of amides is 2. The van der Waals surface area contributed by atoms with E-state index in [4.69, 9.17) is 11.6 Å². The zero-order chi connectivity index (χ0) is 19.9. The van der Waals surface area contributed by atoms with Crippen LogP contribution in [0, 0.1) is 13.8 Å². The summed E-state index contributed by atoms with van der Waals surface area (Å²) in [5.41, 5.74) is 3.86. The fourth-order valence-electron chi connectivity index (χ4n) is 3.35. The molecule has 0 N–H and O–H groups in total. The molecule has 1 fully saturated rings. The maximum absolute atomic E-state index is 13.0. The van der Waals surface area contributed by atoms with Crippen LogP contribution in [0.25, 0.3) is 0 Å². The van der Waals surface area contributed by atoms with Gasteiger partial charge in [0.25, 0.3) is 0 Å². The van der Waals surface area contributed by atoms with Crippen molar-refractivity contribution in [3.8, 4) is 0 Å². The van der Waals surface area contributed by atoms with Crippen LogP contribution in [0.3, 0.4) is 0 Å². The number of benzene rings is 2. The minimum atomic E-state index is -0.403. The number of halogens is 1. The molecule has 0 radical (unpaired) electrons. The lowest BCUT2D eigenvalue weighted by atomic mass is 9.84. The molecule has 142 valence electrons. The lowest BCUT2D eigenvalue weighted by Crippen LogP contribution is -2.32. The van der Waals surface area contributed by atoms with Crippen LogP contribution in [0.4, 0.5) is 5.69 Å². The largest absolute Gasteiger partial charge is 0.274 e. The maximum Gasteiger partial charge on any atom is 0.247 e. The van der Waals surface area contributed by atoms with Crippen LogP contribution in [0.15, 0.2) is 41.3 Å². The summed E-state index contributed by atoms with van der Waals surface area (Å²) in [5, 5.41) is 0.250.